The van der Waals surface area contributed by atoms with Crippen LogP contribution in [-0.2, 0) is 13.3 Å². The number of unbranched alkanes of at least 4 members (excludes halogenated alkanes) is 13. The van der Waals surface area contributed by atoms with Crippen molar-refractivity contribution in [3.63, 3.8) is 0 Å². The fourth-order valence-corrected chi connectivity index (χ4v) is 7.44. The number of halogens is 1. The van der Waals surface area contributed by atoms with Gasteiger partial charge in [-0.05, 0) is 89.9 Å². The standard InChI is InChI=1S/C34H65BrO3Si/c1-4-7-10-13-16-19-22-26-31-36-39(34-29-25-30-35,37-32-27-23-20-17-14-11-8-5-2)38-33-28-24-21-18-15-12-9-6-3/h16-21H,4-15,22-34H2,1-3H3/b19-16-,20-17-,21-18-. The van der Waals surface area contributed by atoms with Gasteiger partial charge in [-0.15, -0.1) is 0 Å². The summed E-state index contributed by atoms with van der Waals surface area (Å²) in [7, 11) is -2.68. The molecule has 0 aromatic heterocycles. The Kier molecular flexibility index (Phi) is 32.1. The van der Waals surface area contributed by atoms with E-state index >= 15 is 0 Å². The van der Waals surface area contributed by atoms with Gasteiger partial charge in [0.25, 0.3) is 0 Å². The predicted molar refractivity (Wildman–Crippen MR) is 179 cm³/mol. The summed E-state index contributed by atoms with van der Waals surface area (Å²) >= 11 is 3.60. The molecule has 0 amide bonds. The molecule has 0 atom stereocenters. The average Bonchev–Trinajstić information content (AvgIpc) is 2.94. The summed E-state index contributed by atoms with van der Waals surface area (Å²) < 4.78 is 19.7. The van der Waals surface area contributed by atoms with Gasteiger partial charge >= 0.3 is 8.80 Å². The molecular weight excluding hydrogens is 564 g/mol. The Morgan fingerprint density at radius 3 is 1.08 bits per heavy atom. The summed E-state index contributed by atoms with van der Waals surface area (Å²) in [6.45, 7) is 8.97. The van der Waals surface area contributed by atoms with Crippen LogP contribution in [0.1, 0.15) is 149 Å². The van der Waals surface area contributed by atoms with Gasteiger partial charge in [-0.3, -0.25) is 0 Å². The van der Waals surface area contributed by atoms with Crippen molar-refractivity contribution in [3.05, 3.63) is 36.5 Å². The zero-order chi connectivity index (χ0) is 28.5. The third-order valence-electron chi connectivity index (χ3n) is 6.80. The summed E-state index contributed by atoms with van der Waals surface area (Å²) in [6, 6.07) is 0.922. The zero-order valence-electron chi connectivity index (χ0n) is 26.2. The molecule has 0 unspecified atom stereocenters. The third kappa shape index (κ3) is 27.7. The van der Waals surface area contributed by atoms with Gasteiger partial charge in [0, 0.05) is 31.2 Å². The molecule has 0 spiro atoms. The summed E-state index contributed by atoms with van der Waals surface area (Å²) in [5, 5.41) is 1.02. The second-order valence-electron chi connectivity index (χ2n) is 10.7. The molecular formula is C34H65BrO3Si. The van der Waals surface area contributed by atoms with Gasteiger partial charge in [0.15, 0.2) is 0 Å². The Hall–Kier alpha value is -0.203. The lowest BCUT2D eigenvalue weighted by molar-refractivity contribution is 0.0567. The fraction of sp³-hybridized carbons (Fsp3) is 0.824. The van der Waals surface area contributed by atoms with E-state index in [2.05, 4.69) is 73.2 Å². The van der Waals surface area contributed by atoms with Crippen LogP contribution in [-0.4, -0.2) is 34.0 Å². The van der Waals surface area contributed by atoms with Crippen LogP contribution in [0.2, 0.25) is 6.04 Å². The lowest BCUT2D eigenvalue weighted by atomic mass is 10.2. The average molecular weight is 630 g/mol. The first-order valence-corrected chi connectivity index (χ1v) is 19.7. The minimum atomic E-state index is -2.68. The molecule has 0 saturated heterocycles. The van der Waals surface area contributed by atoms with Crippen molar-refractivity contribution in [3.8, 4) is 0 Å². The van der Waals surface area contributed by atoms with E-state index < -0.39 is 8.80 Å². The molecule has 0 aromatic rings. The highest BCUT2D eigenvalue weighted by molar-refractivity contribution is 9.09. The van der Waals surface area contributed by atoms with Crippen LogP contribution in [0, 0.1) is 0 Å². The molecule has 0 bridgehead atoms. The molecule has 0 fully saturated rings. The molecule has 0 radical (unpaired) electrons. The largest absolute Gasteiger partial charge is 0.500 e. The van der Waals surface area contributed by atoms with E-state index in [-0.39, 0.29) is 0 Å². The number of alkyl halides is 1. The number of rotatable bonds is 31. The molecule has 0 aliphatic rings. The summed E-state index contributed by atoms with van der Waals surface area (Å²) in [4.78, 5) is 0. The molecule has 230 valence electrons. The smallest absolute Gasteiger partial charge is 0.373 e. The molecule has 0 saturated carbocycles. The van der Waals surface area contributed by atoms with Crippen molar-refractivity contribution in [2.45, 2.75) is 155 Å². The van der Waals surface area contributed by atoms with E-state index in [1.54, 1.807) is 0 Å². The molecule has 0 aliphatic carbocycles. The van der Waals surface area contributed by atoms with E-state index in [9.17, 15) is 0 Å². The Bertz CT molecular complexity index is 495. The summed E-state index contributed by atoms with van der Waals surface area (Å²) in [5.41, 5.74) is 0. The first kappa shape index (κ1) is 38.8. The first-order valence-electron chi connectivity index (χ1n) is 16.7. The maximum absolute atomic E-state index is 6.57. The van der Waals surface area contributed by atoms with Crippen molar-refractivity contribution < 1.29 is 13.3 Å². The topological polar surface area (TPSA) is 27.7 Å². The molecule has 0 N–H and O–H groups in total. The SMILES string of the molecule is CCCCC/C=C\CCCO[Si](CCCCBr)(OCCC/C=C\CCCCC)OCCC/C=C\CCCCC. The molecule has 0 heterocycles. The van der Waals surface area contributed by atoms with Crippen molar-refractivity contribution in [1.82, 2.24) is 0 Å². The van der Waals surface area contributed by atoms with Crippen LogP contribution in [0.15, 0.2) is 36.5 Å². The van der Waals surface area contributed by atoms with Crippen LogP contribution in [0.5, 0.6) is 0 Å². The van der Waals surface area contributed by atoms with Crippen LogP contribution in [0.4, 0.5) is 0 Å². The van der Waals surface area contributed by atoms with E-state index in [0.29, 0.717) is 0 Å². The minimum absolute atomic E-state index is 0.731. The first-order chi connectivity index (χ1) is 19.2. The quantitative estimate of drug-likeness (QED) is 0.0330. The molecule has 39 heavy (non-hydrogen) atoms. The predicted octanol–water partition coefficient (Wildman–Crippen LogP) is 11.9. The highest BCUT2D eigenvalue weighted by atomic mass is 79.9. The summed E-state index contributed by atoms with van der Waals surface area (Å²) in [5.74, 6) is 0. The number of allylic oxidation sites excluding steroid dienone is 6. The second kappa shape index (κ2) is 32.3. The van der Waals surface area contributed by atoms with Gasteiger partial charge in [-0.25, -0.2) is 0 Å². The Morgan fingerprint density at radius 2 is 0.769 bits per heavy atom. The Morgan fingerprint density at radius 1 is 0.436 bits per heavy atom. The van der Waals surface area contributed by atoms with Crippen LogP contribution >= 0.6 is 15.9 Å². The monoisotopic (exact) mass is 628 g/mol. The molecule has 5 heteroatoms. The molecule has 0 rings (SSSR count). The number of hydrogen-bond donors (Lipinski definition) is 0. The van der Waals surface area contributed by atoms with Crippen LogP contribution in [0.25, 0.3) is 0 Å². The highest BCUT2D eigenvalue weighted by Crippen LogP contribution is 2.22. The van der Waals surface area contributed by atoms with Crippen molar-refractivity contribution >= 4 is 24.7 Å². The lowest BCUT2D eigenvalue weighted by Crippen LogP contribution is -2.46. The zero-order valence-corrected chi connectivity index (χ0v) is 28.8. The van der Waals surface area contributed by atoms with E-state index in [1.165, 1.54) is 77.0 Å². The van der Waals surface area contributed by atoms with Gasteiger partial charge in [0.05, 0.1) is 0 Å². The van der Waals surface area contributed by atoms with E-state index in [0.717, 1.165) is 82.6 Å². The van der Waals surface area contributed by atoms with Crippen molar-refractivity contribution in [2.24, 2.45) is 0 Å². The van der Waals surface area contributed by atoms with Gasteiger partial charge in [-0.2, -0.15) is 0 Å². The Balaban J connectivity index is 4.79. The maximum Gasteiger partial charge on any atom is 0.500 e. The third-order valence-corrected chi connectivity index (χ3v) is 10.3. The number of hydrogen-bond acceptors (Lipinski definition) is 3. The van der Waals surface area contributed by atoms with Gasteiger partial charge in [-0.1, -0.05) is 112 Å². The lowest BCUT2D eigenvalue weighted by Gasteiger charge is -2.30. The molecule has 3 nitrogen and oxygen atoms in total. The van der Waals surface area contributed by atoms with E-state index in [1.807, 2.05) is 0 Å². The van der Waals surface area contributed by atoms with E-state index in [4.69, 9.17) is 13.3 Å². The fourth-order valence-electron chi connectivity index (χ4n) is 4.31. The van der Waals surface area contributed by atoms with Gasteiger partial charge in [0.2, 0.25) is 0 Å². The maximum atomic E-state index is 6.57. The molecule has 0 aliphatic heterocycles. The normalized spacial score (nSPS) is 12.6. The van der Waals surface area contributed by atoms with Gasteiger partial charge < -0.3 is 13.3 Å². The Labute approximate surface area is 254 Å². The van der Waals surface area contributed by atoms with Crippen molar-refractivity contribution in [1.29, 1.82) is 0 Å². The highest BCUT2D eigenvalue weighted by Gasteiger charge is 2.40. The second-order valence-corrected chi connectivity index (χ2v) is 14.2. The van der Waals surface area contributed by atoms with Crippen LogP contribution < -0.4 is 0 Å². The van der Waals surface area contributed by atoms with Crippen molar-refractivity contribution in [2.75, 3.05) is 25.2 Å². The minimum Gasteiger partial charge on any atom is -0.373 e. The molecule has 0 aromatic carbocycles. The van der Waals surface area contributed by atoms with Gasteiger partial charge in [0.1, 0.15) is 0 Å². The van der Waals surface area contributed by atoms with Crippen LogP contribution in [0.3, 0.4) is 0 Å². The summed E-state index contributed by atoms with van der Waals surface area (Å²) in [6.07, 6.45) is 37.9.